The van der Waals surface area contributed by atoms with Gasteiger partial charge in [0.1, 0.15) is 6.23 Å². The highest BCUT2D eigenvalue weighted by Crippen LogP contribution is 2.06. The number of likely N-dealkylation sites (N-methyl/N-ethyl adjacent to an activating group) is 1. The molecule has 1 aliphatic heterocycles. The molecule has 1 N–H and O–H groups in total. The van der Waals surface area contributed by atoms with Gasteiger partial charge < -0.3 is 14.7 Å². The summed E-state index contributed by atoms with van der Waals surface area (Å²) in [7, 11) is 3.83. The molecule has 0 radical (unpaired) electrons. The van der Waals surface area contributed by atoms with Crippen LogP contribution >= 0.6 is 0 Å². The molecule has 1 atom stereocenters. The molecule has 1 saturated heterocycles. The fraction of sp³-hybridized carbons (Fsp3) is 1.00. The summed E-state index contributed by atoms with van der Waals surface area (Å²) in [6.07, 6.45) is 2.48. The van der Waals surface area contributed by atoms with Crippen LogP contribution in [-0.2, 0) is 4.74 Å². The van der Waals surface area contributed by atoms with Crippen LogP contribution in [0.2, 0.25) is 0 Å². The summed E-state index contributed by atoms with van der Waals surface area (Å²) in [4.78, 5) is 4.30. The minimum atomic E-state index is -0.155. The van der Waals surface area contributed by atoms with Crippen molar-refractivity contribution in [2.45, 2.75) is 19.1 Å². The number of hydrogen-bond donors (Lipinski definition) is 1. The van der Waals surface area contributed by atoms with E-state index in [4.69, 9.17) is 9.84 Å². The van der Waals surface area contributed by atoms with Crippen molar-refractivity contribution in [3.8, 4) is 0 Å². The number of aliphatic hydroxyl groups excluding tert-OH is 1. The predicted octanol–water partition coefficient (Wildman–Crippen LogP) is -0.0212. The van der Waals surface area contributed by atoms with E-state index in [1.807, 2.05) is 19.0 Å². The maximum Gasteiger partial charge on any atom is 0.133 e. The van der Waals surface area contributed by atoms with E-state index in [0.29, 0.717) is 6.61 Å². The number of likely N-dealkylation sites (tertiary alicyclic amines) is 1. The number of ether oxygens (including phenoxy) is 1. The third-order valence-electron chi connectivity index (χ3n) is 2.65. The first kappa shape index (κ1) is 11.9. The molecule has 4 nitrogen and oxygen atoms in total. The van der Waals surface area contributed by atoms with Crippen LogP contribution in [0.1, 0.15) is 12.8 Å². The Morgan fingerprint density at radius 1 is 1.36 bits per heavy atom. The van der Waals surface area contributed by atoms with E-state index in [0.717, 1.165) is 6.54 Å². The Labute approximate surface area is 86.4 Å². The first-order valence-electron chi connectivity index (χ1n) is 5.35. The Hall–Kier alpha value is -0.160. The molecular weight excluding hydrogens is 180 g/mol. The van der Waals surface area contributed by atoms with Gasteiger partial charge in [0.25, 0.3) is 0 Å². The number of hydrogen-bond acceptors (Lipinski definition) is 4. The molecule has 0 aromatic carbocycles. The van der Waals surface area contributed by atoms with E-state index in [1.165, 1.54) is 25.9 Å². The molecule has 1 rings (SSSR count). The van der Waals surface area contributed by atoms with E-state index < -0.39 is 0 Å². The molecule has 14 heavy (non-hydrogen) atoms. The molecule has 0 aromatic heterocycles. The molecule has 1 unspecified atom stereocenters. The van der Waals surface area contributed by atoms with Crippen molar-refractivity contribution in [3.63, 3.8) is 0 Å². The molecule has 0 aliphatic carbocycles. The Morgan fingerprint density at radius 2 is 2.00 bits per heavy atom. The molecule has 0 aromatic rings. The Kier molecular flexibility index (Phi) is 5.40. The van der Waals surface area contributed by atoms with Gasteiger partial charge in [-0.1, -0.05) is 0 Å². The number of aliphatic hydroxyl groups is 1. The molecule has 1 aliphatic rings. The highest BCUT2D eigenvalue weighted by molar-refractivity contribution is 4.65. The van der Waals surface area contributed by atoms with E-state index in [-0.39, 0.29) is 12.8 Å². The summed E-state index contributed by atoms with van der Waals surface area (Å²) in [5, 5.41) is 9.01. The van der Waals surface area contributed by atoms with E-state index in [1.54, 1.807) is 0 Å². The van der Waals surface area contributed by atoms with Gasteiger partial charge in [0.2, 0.25) is 0 Å². The molecular formula is C10H22N2O2. The molecule has 1 fully saturated rings. The van der Waals surface area contributed by atoms with Crippen molar-refractivity contribution >= 4 is 0 Å². The molecule has 4 heteroatoms. The van der Waals surface area contributed by atoms with Gasteiger partial charge in [-0.3, -0.25) is 4.90 Å². The third kappa shape index (κ3) is 3.92. The normalized spacial score (nSPS) is 20.6. The zero-order valence-corrected chi connectivity index (χ0v) is 9.28. The summed E-state index contributed by atoms with van der Waals surface area (Å²) < 4.78 is 5.55. The summed E-state index contributed by atoms with van der Waals surface area (Å²) in [5.41, 5.74) is 0. The van der Waals surface area contributed by atoms with Crippen LogP contribution in [0.5, 0.6) is 0 Å². The highest BCUT2D eigenvalue weighted by Gasteiger charge is 2.13. The van der Waals surface area contributed by atoms with Gasteiger partial charge in [0.05, 0.1) is 13.2 Å². The van der Waals surface area contributed by atoms with Crippen LogP contribution in [0, 0.1) is 0 Å². The lowest BCUT2D eigenvalue weighted by molar-refractivity contribution is -0.0701. The van der Waals surface area contributed by atoms with Crippen molar-refractivity contribution in [1.29, 1.82) is 0 Å². The van der Waals surface area contributed by atoms with Crippen molar-refractivity contribution in [1.82, 2.24) is 9.80 Å². The summed E-state index contributed by atoms with van der Waals surface area (Å²) in [5.74, 6) is 0. The maximum atomic E-state index is 9.01. The van der Waals surface area contributed by atoms with Crippen LogP contribution in [0.15, 0.2) is 0 Å². The second-order valence-electron chi connectivity index (χ2n) is 4.02. The van der Waals surface area contributed by atoms with Crippen molar-refractivity contribution in [3.05, 3.63) is 0 Å². The first-order chi connectivity index (χ1) is 6.74. The second kappa shape index (κ2) is 6.35. The molecule has 1 heterocycles. The summed E-state index contributed by atoms with van der Waals surface area (Å²) in [6, 6.07) is 0. The van der Waals surface area contributed by atoms with Crippen molar-refractivity contribution in [2.24, 2.45) is 0 Å². The Balaban J connectivity index is 2.06. The summed E-state index contributed by atoms with van der Waals surface area (Å²) in [6.45, 7) is 4.17. The number of nitrogens with zero attached hydrogens (tertiary/aromatic N) is 2. The van der Waals surface area contributed by atoms with E-state index >= 15 is 0 Å². The minimum absolute atomic E-state index is 0.0625. The minimum Gasteiger partial charge on any atom is -0.392 e. The second-order valence-corrected chi connectivity index (χ2v) is 4.02. The Bertz CT molecular complexity index is 147. The first-order valence-corrected chi connectivity index (χ1v) is 5.35. The predicted molar refractivity (Wildman–Crippen MR) is 56.2 cm³/mol. The monoisotopic (exact) mass is 202 g/mol. The molecule has 0 bridgehead atoms. The van der Waals surface area contributed by atoms with Crippen LogP contribution in [0.25, 0.3) is 0 Å². The van der Waals surface area contributed by atoms with Crippen LogP contribution < -0.4 is 0 Å². The lowest BCUT2D eigenvalue weighted by Gasteiger charge is -2.23. The highest BCUT2D eigenvalue weighted by atomic mass is 16.5. The van der Waals surface area contributed by atoms with E-state index in [9.17, 15) is 0 Å². The van der Waals surface area contributed by atoms with Gasteiger partial charge in [-0.05, 0) is 40.0 Å². The quantitative estimate of drug-likeness (QED) is 0.614. The maximum absolute atomic E-state index is 9.01. The Morgan fingerprint density at radius 3 is 2.50 bits per heavy atom. The van der Waals surface area contributed by atoms with Crippen LogP contribution in [0.4, 0.5) is 0 Å². The molecule has 84 valence electrons. The van der Waals surface area contributed by atoms with Gasteiger partial charge in [-0.2, -0.15) is 0 Å². The SMILES string of the molecule is CN(C)C(CO)OCCN1CCCC1. The van der Waals surface area contributed by atoms with E-state index in [2.05, 4.69) is 4.90 Å². The van der Waals surface area contributed by atoms with Crippen LogP contribution in [-0.4, -0.2) is 68.1 Å². The molecule has 0 amide bonds. The number of rotatable bonds is 6. The van der Waals surface area contributed by atoms with Crippen molar-refractivity contribution in [2.75, 3.05) is 46.9 Å². The fourth-order valence-electron chi connectivity index (χ4n) is 1.69. The van der Waals surface area contributed by atoms with Crippen LogP contribution in [0.3, 0.4) is 0 Å². The van der Waals surface area contributed by atoms with Gasteiger partial charge in [0, 0.05) is 6.54 Å². The average molecular weight is 202 g/mol. The molecule has 0 spiro atoms. The smallest absolute Gasteiger partial charge is 0.133 e. The zero-order chi connectivity index (χ0) is 10.4. The van der Waals surface area contributed by atoms with Gasteiger partial charge in [0.15, 0.2) is 0 Å². The topological polar surface area (TPSA) is 35.9 Å². The largest absolute Gasteiger partial charge is 0.392 e. The van der Waals surface area contributed by atoms with Crippen molar-refractivity contribution < 1.29 is 9.84 Å². The lowest BCUT2D eigenvalue weighted by Crippen LogP contribution is -2.36. The zero-order valence-electron chi connectivity index (χ0n) is 9.28. The third-order valence-corrected chi connectivity index (χ3v) is 2.65. The average Bonchev–Trinajstić information content (AvgIpc) is 2.64. The fourth-order valence-corrected chi connectivity index (χ4v) is 1.69. The summed E-state index contributed by atoms with van der Waals surface area (Å²) >= 11 is 0. The standard InChI is InChI=1S/C10H22N2O2/c1-11(2)10(9-13)14-8-7-12-5-3-4-6-12/h10,13H,3-9H2,1-2H3. The molecule has 0 saturated carbocycles. The van der Waals surface area contributed by atoms with Gasteiger partial charge in [-0.15, -0.1) is 0 Å². The van der Waals surface area contributed by atoms with Gasteiger partial charge in [-0.25, -0.2) is 0 Å². The van der Waals surface area contributed by atoms with Gasteiger partial charge >= 0.3 is 0 Å². The lowest BCUT2D eigenvalue weighted by atomic mass is 10.4.